The minimum Gasteiger partial charge on any atom is -0.480 e. The van der Waals surface area contributed by atoms with Gasteiger partial charge in [-0.15, -0.1) is 0 Å². The summed E-state index contributed by atoms with van der Waals surface area (Å²) in [4.78, 5) is 34.1. The Morgan fingerprint density at radius 3 is 2.29 bits per heavy atom. The first-order chi connectivity index (χ1) is 9.81. The number of carbonyl (C=O) groups is 3. The van der Waals surface area contributed by atoms with E-state index in [1.807, 2.05) is 0 Å². The second-order valence-electron chi connectivity index (χ2n) is 4.31. The number of hydrogen-bond acceptors (Lipinski definition) is 4. The molecule has 0 fully saturated rings. The van der Waals surface area contributed by atoms with Gasteiger partial charge in [-0.3, -0.25) is 9.59 Å². The Hall–Kier alpha value is -1.93. The average Bonchev–Trinajstić information content (AvgIpc) is 2.42. The largest absolute Gasteiger partial charge is 0.480 e. The smallest absolute Gasteiger partial charge is 0.328 e. The van der Waals surface area contributed by atoms with Crippen LogP contribution in [0.25, 0.3) is 0 Å². The first-order valence-electron chi connectivity index (χ1n) is 6.05. The third-order valence-corrected chi connectivity index (χ3v) is 3.11. The molecule has 7 nitrogen and oxygen atoms in total. The van der Waals surface area contributed by atoms with Crippen molar-refractivity contribution in [3.63, 3.8) is 0 Å². The van der Waals surface area contributed by atoms with E-state index in [1.165, 1.54) is 6.92 Å². The third kappa shape index (κ3) is 5.52. The fourth-order valence-corrected chi connectivity index (χ4v) is 1.74. The second kappa shape index (κ2) is 7.75. The van der Waals surface area contributed by atoms with Gasteiger partial charge in [0.05, 0.1) is 12.6 Å². The predicted molar refractivity (Wildman–Crippen MR) is 77.7 cm³/mol. The van der Waals surface area contributed by atoms with E-state index >= 15 is 0 Å². The highest BCUT2D eigenvalue weighted by Crippen LogP contribution is 2.10. The van der Waals surface area contributed by atoms with Crippen molar-refractivity contribution >= 4 is 33.7 Å². The molecule has 4 N–H and O–H groups in total. The molecule has 2 unspecified atom stereocenters. The zero-order valence-electron chi connectivity index (χ0n) is 11.2. The molecule has 0 spiro atoms. The van der Waals surface area contributed by atoms with Crippen molar-refractivity contribution in [2.75, 3.05) is 6.54 Å². The van der Waals surface area contributed by atoms with Gasteiger partial charge in [0.1, 0.15) is 0 Å². The topological polar surface area (TPSA) is 116 Å². The van der Waals surface area contributed by atoms with Crippen molar-refractivity contribution in [3.8, 4) is 0 Å². The first-order valence-corrected chi connectivity index (χ1v) is 6.84. The van der Waals surface area contributed by atoms with Crippen LogP contribution in [-0.4, -0.2) is 46.7 Å². The summed E-state index contributed by atoms with van der Waals surface area (Å²) in [5.41, 5.74) is 0.372. The van der Waals surface area contributed by atoms with Gasteiger partial charge >= 0.3 is 5.97 Å². The molecular weight excluding hydrogens is 344 g/mol. The SMILES string of the molecule is CC(O)C(NC(=O)CNC(=O)c1ccc(Br)cc1)C(=O)O. The molecule has 0 radical (unpaired) electrons. The molecule has 1 aromatic carbocycles. The van der Waals surface area contributed by atoms with E-state index < -0.39 is 29.9 Å². The number of nitrogens with one attached hydrogen (secondary N) is 2. The monoisotopic (exact) mass is 358 g/mol. The number of aliphatic carboxylic acids is 1. The van der Waals surface area contributed by atoms with Crippen molar-refractivity contribution in [1.29, 1.82) is 0 Å². The van der Waals surface area contributed by atoms with E-state index in [-0.39, 0.29) is 6.54 Å². The van der Waals surface area contributed by atoms with Gasteiger partial charge in [0.2, 0.25) is 5.91 Å². The van der Waals surface area contributed by atoms with Gasteiger partial charge in [0.25, 0.3) is 5.91 Å². The molecule has 0 bridgehead atoms. The number of carboxylic acids is 1. The molecule has 0 heterocycles. The standard InChI is InChI=1S/C13H15BrN2O5/c1-7(17)11(13(20)21)16-10(18)6-15-12(19)8-2-4-9(14)5-3-8/h2-5,7,11,17H,6H2,1H3,(H,15,19)(H,16,18)(H,20,21). The minimum atomic E-state index is -1.41. The number of halogens is 1. The van der Waals surface area contributed by atoms with Crippen molar-refractivity contribution in [3.05, 3.63) is 34.3 Å². The summed E-state index contributed by atoms with van der Waals surface area (Å²) in [7, 11) is 0. The lowest BCUT2D eigenvalue weighted by Crippen LogP contribution is -2.50. The molecule has 1 rings (SSSR count). The molecule has 0 aliphatic rings. The Kier molecular flexibility index (Phi) is 6.32. The van der Waals surface area contributed by atoms with Crippen LogP contribution in [0.15, 0.2) is 28.7 Å². The zero-order chi connectivity index (χ0) is 16.0. The zero-order valence-corrected chi connectivity index (χ0v) is 12.8. The van der Waals surface area contributed by atoms with Crippen LogP contribution in [0.3, 0.4) is 0 Å². The van der Waals surface area contributed by atoms with Crippen LogP contribution in [-0.2, 0) is 9.59 Å². The highest BCUT2D eigenvalue weighted by molar-refractivity contribution is 9.10. The highest BCUT2D eigenvalue weighted by atomic mass is 79.9. The van der Waals surface area contributed by atoms with Gasteiger partial charge in [0.15, 0.2) is 6.04 Å². The quantitative estimate of drug-likeness (QED) is 0.576. The van der Waals surface area contributed by atoms with Crippen LogP contribution in [0.4, 0.5) is 0 Å². The van der Waals surface area contributed by atoms with Crippen molar-refractivity contribution in [2.24, 2.45) is 0 Å². The van der Waals surface area contributed by atoms with E-state index in [2.05, 4.69) is 26.6 Å². The summed E-state index contributed by atoms with van der Waals surface area (Å²) in [5.74, 6) is -2.51. The summed E-state index contributed by atoms with van der Waals surface area (Å²) < 4.78 is 0.818. The van der Waals surface area contributed by atoms with E-state index in [4.69, 9.17) is 5.11 Å². The van der Waals surface area contributed by atoms with Crippen LogP contribution in [0.2, 0.25) is 0 Å². The third-order valence-electron chi connectivity index (χ3n) is 2.58. The first kappa shape index (κ1) is 17.1. The number of hydrogen-bond donors (Lipinski definition) is 4. The van der Waals surface area contributed by atoms with Crippen molar-refractivity contribution < 1.29 is 24.6 Å². The number of aliphatic hydroxyl groups excluding tert-OH is 1. The molecule has 8 heteroatoms. The maximum Gasteiger partial charge on any atom is 0.328 e. The van der Waals surface area contributed by atoms with Gasteiger partial charge in [-0.2, -0.15) is 0 Å². The van der Waals surface area contributed by atoms with Crippen LogP contribution in [0.5, 0.6) is 0 Å². The fourth-order valence-electron chi connectivity index (χ4n) is 1.48. The summed E-state index contributed by atoms with van der Waals surface area (Å²) >= 11 is 3.24. The van der Waals surface area contributed by atoms with Gasteiger partial charge in [-0.25, -0.2) is 4.79 Å². The molecule has 21 heavy (non-hydrogen) atoms. The lowest BCUT2D eigenvalue weighted by Gasteiger charge is -2.17. The Morgan fingerprint density at radius 2 is 1.81 bits per heavy atom. The molecule has 2 amide bonds. The predicted octanol–water partition coefficient (Wildman–Crippen LogP) is 0.129. The molecule has 114 valence electrons. The molecule has 1 aromatic rings. The summed E-state index contributed by atoms with van der Waals surface area (Å²) in [5, 5.41) is 22.5. The van der Waals surface area contributed by atoms with Crippen molar-refractivity contribution in [2.45, 2.75) is 19.1 Å². The highest BCUT2D eigenvalue weighted by Gasteiger charge is 2.24. The summed E-state index contributed by atoms with van der Waals surface area (Å²) in [6.07, 6.45) is -1.24. The minimum absolute atomic E-state index is 0.372. The van der Waals surface area contributed by atoms with Gasteiger partial charge in [-0.05, 0) is 31.2 Å². The number of benzene rings is 1. The number of amides is 2. The van der Waals surface area contributed by atoms with E-state index in [0.717, 1.165) is 4.47 Å². The molecule has 0 aliphatic carbocycles. The molecule has 0 saturated carbocycles. The Morgan fingerprint density at radius 1 is 1.24 bits per heavy atom. The van der Waals surface area contributed by atoms with E-state index in [9.17, 15) is 19.5 Å². The number of carbonyl (C=O) groups excluding carboxylic acids is 2. The van der Waals surface area contributed by atoms with Crippen LogP contribution in [0.1, 0.15) is 17.3 Å². The second-order valence-corrected chi connectivity index (χ2v) is 5.23. The number of carboxylic acid groups (broad SMARTS) is 1. The molecule has 0 aliphatic heterocycles. The van der Waals surface area contributed by atoms with Crippen LogP contribution < -0.4 is 10.6 Å². The molecule has 0 aromatic heterocycles. The molecular formula is C13H15BrN2O5. The Bertz CT molecular complexity index is 530. The van der Waals surface area contributed by atoms with Gasteiger partial charge in [-0.1, -0.05) is 15.9 Å². The van der Waals surface area contributed by atoms with Crippen LogP contribution in [0, 0.1) is 0 Å². The molecule has 2 atom stereocenters. The Labute approximate surface area is 129 Å². The van der Waals surface area contributed by atoms with Crippen molar-refractivity contribution in [1.82, 2.24) is 10.6 Å². The van der Waals surface area contributed by atoms with E-state index in [1.54, 1.807) is 24.3 Å². The maximum absolute atomic E-state index is 11.7. The van der Waals surface area contributed by atoms with Gasteiger partial charge in [0, 0.05) is 10.0 Å². The maximum atomic E-state index is 11.7. The lowest BCUT2D eigenvalue weighted by atomic mass is 10.2. The fraction of sp³-hybridized carbons (Fsp3) is 0.308. The summed E-state index contributed by atoms with van der Waals surface area (Å²) in [6.45, 7) is 0.866. The number of rotatable bonds is 6. The van der Waals surface area contributed by atoms with Crippen LogP contribution >= 0.6 is 15.9 Å². The lowest BCUT2D eigenvalue weighted by molar-refractivity contribution is -0.144. The molecule has 0 saturated heterocycles. The average molecular weight is 359 g/mol. The van der Waals surface area contributed by atoms with E-state index in [0.29, 0.717) is 5.56 Å². The normalized spacial score (nSPS) is 13.1. The van der Waals surface area contributed by atoms with Gasteiger partial charge < -0.3 is 20.8 Å². The Balaban J connectivity index is 2.51. The summed E-state index contributed by atoms with van der Waals surface area (Å²) in [6, 6.07) is 5.11. The number of aliphatic hydroxyl groups is 1.